The van der Waals surface area contributed by atoms with Gasteiger partial charge in [-0.1, -0.05) is 6.07 Å². The standard InChI is InChI=1S/C16H16BrNO3/c1-20-15-4-3-11(8-16(15)21-2)6-14(19)7-12-5-13(17)10-18-9-12/h3-5,8-10H,6-7H2,1-2H3. The van der Waals surface area contributed by atoms with E-state index in [9.17, 15) is 4.79 Å². The number of benzene rings is 1. The first-order chi connectivity index (χ1) is 10.1. The van der Waals surface area contributed by atoms with Crippen molar-refractivity contribution in [3.63, 3.8) is 0 Å². The molecule has 1 aromatic heterocycles. The summed E-state index contributed by atoms with van der Waals surface area (Å²) < 4.78 is 11.3. The molecule has 1 heterocycles. The molecule has 0 aliphatic heterocycles. The van der Waals surface area contributed by atoms with Crippen LogP contribution < -0.4 is 9.47 Å². The number of halogens is 1. The summed E-state index contributed by atoms with van der Waals surface area (Å²) in [6.45, 7) is 0. The first-order valence-electron chi connectivity index (χ1n) is 6.44. The summed E-state index contributed by atoms with van der Waals surface area (Å²) in [5, 5.41) is 0. The van der Waals surface area contributed by atoms with Crippen LogP contribution in [-0.2, 0) is 17.6 Å². The predicted molar refractivity (Wildman–Crippen MR) is 83.9 cm³/mol. The molecule has 0 atom stereocenters. The van der Waals surface area contributed by atoms with E-state index in [2.05, 4.69) is 20.9 Å². The molecule has 0 saturated heterocycles. The maximum atomic E-state index is 12.1. The fraction of sp³-hybridized carbons (Fsp3) is 0.250. The lowest BCUT2D eigenvalue weighted by Crippen LogP contribution is -2.07. The van der Waals surface area contributed by atoms with Gasteiger partial charge in [-0.15, -0.1) is 0 Å². The van der Waals surface area contributed by atoms with Crippen molar-refractivity contribution in [2.75, 3.05) is 14.2 Å². The van der Waals surface area contributed by atoms with E-state index in [-0.39, 0.29) is 5.78 Å². The number of hydrogen-bond acceptors (Lipinski definition) is 4. The van der Waals surface area contributed by atoms with Crippen LogP contribution in [0.3, 0.4) is 0 Å². The van der Waals surface area contributed by atoms with Gasteiger partial charge >= 0.3 is 0 Å². The first-order valence-corrected chi connectivity index (χ1v) is 7.23. The number of Topliss-reactive ketones (excluding diaryl/α,β-unsaturated/α-hetero) is 1. The third kappa shape index (κ3) is 4.29. The molecular formula is C16H16BrNO3. The van der Waals surface area contributed by atoms with E-state index in [1.54, 1.807) is 26.6 Å². The predicted octanol–water partition coefficient (Wildman–Crippen LogP) is 3.22. The third-order valence-electron chi connectivity index (χ3n) is 3.01. The van der Waals surface area contributed by atoms with Gasteiger partial charge in [-0.2, -0.15) is 0 Å². The van der Waals surface area contributed by atoms with Crippen LogP contribution >= 0.6 is 15.9 Å². The van der Waals surface area contributed by atoms with Crippen molar-refractivity contribution in [2.45, 2.75) is 12.8 Å². The molecule has 0 aliphatic carbocycles. The molecule has 0 amide bonds. The Morgan fingerprint density at radius 3 is 2.43 bits per heavy atom. The molecule has 21 heavy (non-hydrogen) atoms. The molecule has 0 aliphatic rings. The Morgan fingerprint density at radius 1 is 1.05 bits per heavy atom. The lowest BCUT2D eigenvalue weighted by Gasteiger charge is -2.09. The van der Waals surface area contributed by atoms with Gasteiger partial charge in [-0.05, 0) is 45.3 Å². The Hall–Kier alpha value is -1.88. The number of methoxy groups -OCH3 is 2. The average molecular weight is 350 g/mol. The number of aromatic nitrogens is 1. The molecule has 0 N–H and O–H groups in total. The molecule has 0 unspecified atom stereocenters. The van der Waals surface area contributed by atoms with Gasteiger partial charge in [0.25, 0.3) is 0 Å². The molecule has 0 saturated carbocycles. The second-order valence-corrected chi connectivity index (χ2v) is 5.51. The average Bonchev–Trinajstić information content (AvgIpc) is 2.47. The summed E-state index contributed by atoms with van der Waals surface area (Å²) in [6, 6.07) is 7.41. The minimum atomic E-state index is 0.127. The molecule has 1 aromatic carbocycles. The van der Waals surface area contributed by atoms with Crippen molar-refractivity contribution in [3.8, 4) is 11.5 Å². The summed E-state index contributed by atoms with van der Waals surface area (Å²) in [7, 11) is 3.17. The molecule has 5 heteroatoms. The minimum absolute atomic E-state index is 0.127. The van der Waals surface area contributed by atoms with E-state index in [0.717, 1.165) is 15.6 Å². The van der Waals surface area contributed by atoms with Crippen LogP contribution in [0, 0.1) is 0 Å². The normalized spacial score (nSPS) is 10.2. The monoisotopic (exact) mass is 349 g/mol. The zero-order valence-corrected chi connectivity index (χ0v) is 13.5. The van der Waals surface area contributed by atoms with E-state index in [4.69, 9.17) is 9.47 Å². The highest BCUT2D eigenvalue weighted by Crippen LogP contribution is 2.27. The first kappa shape index (κ1) is 15.5. The second kappa shape index (κ2) is 7.22. The number of nitrogens with zero attached hydrogens (tertiary/aromatic N) is 1. The Bertz CT molecular complexity index is 643. The van der Waals surface area contributed by atoms with Crippen LogP contribution in [0.1, 0.15) is 11.1 Å². The van der Waals surface area contributed by atoms with Crippen LogP contribution in [-0.4, -0.2) is 25.0 Å². The molecular weight excluding hydrogens is 334 g/mol. The Labute approximate surface area is 132 Å². The topological polar surface area (TPSA) is 48.4 Å². The van der Waals surface area contributed by atoms with Crippen LogP contribution in [0.15, 0.2) is 41.1 Å². The smallest absolute Gasteiger partial charge is 0.161 e. The number of hydrogen-bond donors (Lipinski definition) is 0. The van der Waals surface area contributed by atoms with Gasteiger partial charge < -0.3 is 9.47 Å². The van der Waals surface area contributed by atoms with E-state index in [1.807, 2.05) is 24.3 Å². The number of rotatable bonds is 6. The van der Waals surface area contributed by atoms with E-state index < -0.39 is 0 Å². The van der Waals surface area contributed by atoms with Gasteiger partial charge in [0.2, 0.25) is 0 Å². The summed E-state index contributed by atoms with van der Waals surface area (Å²) >= 11 is 3.35. The van der Waals surface area contributed by atoms with Crippen LogP contribution in [0.25, 0.3) is 0 Å². The van der Waals surface area contributed by atoms with Crippen LogP contribution in [0.2, 0.25) is 0 Å². The molecule has 2 rings (SSSR count). The quantitative estimate of drug-likeness (QED) is 0.803. The molecule has 0 spiro atoms. The molecule has 0 bridgehead atoms. The van der Waals surface area contributed by atoms with E-state index in [0.29, 0.717) is 24.3 Å². The largest absolute Gasteiger partial charge is 0.493 e. The maximum Gasteiger partial charge on any atom is 0.161 e. The fourth-order valence-electron chi connectivity index (χ4n) is 2.06. The second-order valence-electron chi connectivity index (χ2n) is 4.59. The zero-order valence-electron chi connectivity index (χ0n) is 11.9. The van der Waals surface area contributed by atoms with Gasteiger partial charge in [0.15, 0.2) is 11.5 Å². The van der Waals surface area contributed by atoms with Crippen molar-refractivity contribution < 1.29 is 14.3 Å². The van der Waals surface area contributed by atoms with E-state index in [1.165, 1.54) is 0 Å². The van der Waals surface area contributed by atoms with Crippen molar-refractivity contribution in [2.24, 2.45) is 0 Å². The lowest BCUT2D eigenvalue weighted by atomic mass is 10.0. The Balaban J connectivity index is 2.06. The van der Waals surface area contributed by atoms with Crippen LogP contribution in [0.4, 0.5) is 0 Å². The zero-order chi connectivity index (χ0) is 15.2. The summed E-state index contributed by atoms with van der Waals surface area (Å²) in [5.41, 5.74) is 1.80. The highest BCUT2D eigenvalue weighted by molar-refractivity contribution is 9.10. The van der Waals surface area contributed by atoms with Gasteiger partial charge in [0.05, 0.1) is 14.2 Å². The molecule has 0 fully saturated rings. The van der Waals surface area contributed by atoms with Gasteiger partial charge in [-0.25, -0.2) is 0 Å². The van der Waals surface area contributed by atoms with Crippen molar-refractivity contribution >= 4 is 21.7 Å². The Morgan fingerprint density at radius 2 is 1.76 bits per heavy atom. The van der Waals surface area contributed by atoms with Gasteiger partial charge in [0, 0.05) is 29.7 Å². The number of ketones is 1. The highest BCUT2D eigenvalue weighted by Gasteiger charge is 2.09. The van der Waals surface area contributed by atoms with Crippen molar-refractivity contribution in [1.29, 1.82) is 0 Å². The van der Waals surface area contributed by atoms with E-state index >= 15 is 0 Å². The summed E-state index contributed by atoms with van der Waals surface area (Å²) in [6.07, 6.45) is 4.12. The maximum absolute atomic E-state index is 12.1. The molecule has 2 aromatic rings. The van der Waals surface area contributed by atoms with Gasteiger partial charge in [0.1, 0.15) is 5.78 Å². The molecule has 110 valence electrons. The van der Waals surface area contributed by atoms with Crippen molar-refractivity contribution in [1.82, 2.24) is 4.98 Å². The Kier molecular flexibility index (Phi) is 5.33. The van der Waals surface area contributed by atoms with Gasteiger partial charge in [-0.3, -0.25) is 9.78 Å². The number of ether oxygens (including phenoxy) is 2. The summed E-state index contributed by atoms with van der Waals surface area (Å²) in [4.78, 5) is 16.2. The number of carbonyl (C=O) groups is 1. The minimum Gasteiger partial charge on any atom is -0.493 e. The number of pyridine rings is 1. The molecule has 4 nitrogen and oxygen atoms in total. The lowest BCUT2D eigenvalue weighted by molar-refractivity contribution is -0.117. The third-order valence-corrected chi connectivity index (χ3v) is 3.45. The fourth-order valence-corrected chi connectivity index (χ4v) is 2.47. The molecule has 0 radical (unpaired) electrons. The SMILES string of the molecule is COc1ccc(CC(=O)Cc2cncc(Br)c2)cc1OC. The number of carbonyl (C=O) groups excluding carboxylic acids is 1. The van der Waals surface area contributed by atoms with Crippen molar-refractivity contribution in [3.05, 3.63) is 52.3 Å². The highest BCUT2D eigenvalue weighted by atomic mass is 79.9. The summed E-state index contributed by atoms with van der Waals surface area (Å²) in [5.74, 6) is 1.42. The van der Waals surface area contributed by atoms with Crippen LogP contribution in [0.5, 0.6) is 11.5 Å².